The van der Waals surface area contributed by atoms with Crippen LogP contribution in [0.1, 0.15) is 77.2 Å². The number of nitrogen functional groups attached to an aromatic ring is 1. The van der Waals surface area contributed by atoms with Crippen molar-refractivity contribution in [3.63, 3.8) is 0 Å². The highest BCUT2D eigenvalue weighted by Gasteiger charge is 2.06. The zero-order valence-corrected chi connectivity index (χ0v) is 17.2. The molecule has 0 radical (unpaired) electrons. The highest BCUT2D eigenvalue weighted by atomic mass is 16.5. The largest absolute Gasteiger partial charge is 0.494 e. The maximum Gasteiger partial charge on any atom is 0.119 e. The molecule has 0 aliphatic carbocycles. The second kappa shape index (κ2) is 12.4. The number of hydrogen-bond donors (Lipinski definition) is 1. The average molecular weight is 369 g/mol. The van der Waals surface area contributed by atoms with Crippen LogP contribution in [0.2, 0.25) is 0 Å². The monoisotopic (exact) mass is 368 g/mol. The molecule has 0 atom stereocenters. The van der Waals surface area contributed by atoms with Gasteiger partial charge in [-0.2, -0.15) is 0 Å². The number of unbranched alkanes of at least 4 members (excludes halogenated alkanes) is 7. The van der Waals surface area contributed by atoms with Crippen molar-refractivity contribution in [1.29, 1.82) is 0 Å². The summed E-state index contributed by atoms with van der Waals surface area (Å²) >= 11 is 0. The van der Waals surface area contributed by atoms with Crippen molar-refractivity contribution >= 4 is 5.69 Å². The Bertz CT molecular complexity index is 652. The first-order valence-corrected chi connectivity index (χ1v) is 10.7. The molecule has 1 aromatic carbocycles. The lowest BCUT2D eigenvalue weighted by Gasteiger charge is -2.10. The molecule has 2 rings (SSSR count). The van der Waals surface area contributed by atoms with Crippen molar-refractivity contribution in [2.45, 2.75) is 78.1 Å². The van der Waals surface area contributed by atoms with Gasteiger partial charge in [-0.3, -0.25) is 4.98 Å². The summed E-state index contributed by atoms with van der Waals surface area (Å²) < 4.78 is 5.81. The smallest absolute Gasteiger partial charge is 0.119 e. The molecule has 27 heavy (non-hydrogen) atoms. The van der Waals surface area contributed by atoms with Gasteiger partial charge in [0.25, 0.3) is 0 Å². The predicted octanol–water partition coefficient (Wildman–Crippen LogP) is 6.80. The van der Waals surface area contributed by atoms with Crippen LogP contribution in [0.25, 0.3) is 11.3 Å². The topological polar surface area (TPSA) is 48.1 Å². The van der Waals surface area contributed by atoms with E-state index in [0.717, 1.165) is 42.1 Å². The van der Waals surface area contributed by atoms with Crippen LogP contribution in [-0.4, -0.2) is 11.6 Å². The van der Waals surface area contributed by atoms with Gasteiger partial charge in [0.05, 0.1) is 18.0 Å². The summed E-state index contributed by atoms with van der Waals surface area (Å²) in [6.07, 6.45) is 14.4. The lowest BCUT2D eigenvalue weighted by Crippen LogP contribution is -1.98. The standard InChI is InChI=1S/C24H36N2O/c1-3-5-7-9-10-12-20-18-23(25)24(26-19-20)21-13-15-22(16-14-21)27-17-11-8-6-4-2/h13-16,18-19H,3-12,17,25H2,1-2H3. The molecular weight excluding hydrogens is 332 g/mol. The van der Waals surface area contributed by atoms with Gasteiger partial charge in [-0.25, -0.2) is 0 Å². The van der Waals surface area contributed by atoms with Gasteiger partial charge in [-0.05, 0) is 55.2 Å². The van der Waals surface area contributed by atoms with Crippen LogP contribution in [0.3, 0.4) is 0 Å². The minimum atomic E-state index is 0.759. The first-order valence-electron chi connectivity index (χ1n) is 10.7. The molecule has 0 fully saturated rings. The minimum Gasteiger partial charge on any atom is -0.494 e. The first kappa shape index (κ1) is 21.3. The summed E-state index contributed by atoms with van der Waals surface area (Å²) in [5, 5.41) is 0. The number of aryl methyl sites for hydroxylation is 1. The molecule has 0 spiro atoms. The Labute approximate surface area is 165 Å². The Morgan fingerprint density at radius 3 is 2.19 bits per heavy atom. The highest BCUT2D eigenvalue weighted by Crippen LogP contribution is 2.26. The van der Waals surface area contributed by atoms with E-state index in [2.05, 4.69) is 24.9 Å². The fourth-order valence-electron chi connectivity index (χ4n) is 3.27. The fourth-order valence-corrected chi connectivity index (χ4v) is 3.27. The van der Waals surface area contributed by atoms with Gasteiger partial charge in [0.15, 0.2) is 0 Å². The Kier molecular flexibility index (Phi) is 9.75. The lowest BCUT2D eigenvalue weighted by atomic mass is 10.0. The number of benzene rings is 1. The zero-order valence-electron chi connectivity index (χ0n) is 17.2. The van der Waals surface area contributed by atoms with Gasteiger partial charge in [0.1, 0.15) is 5.75 Å². The summed E-state index contributed by atoms with van der Waals surface area (Å²) in [6.45, 7) is 5.25. The number of nitrogens with two attached hydrogens (primary N) is 1. The van der Waals surface area contributed by atoms with Crippen LogP contribution >= 0.6 is 0 Å². The van der Waals surface area contributed by atoms with Gasteiger partial charge in [0.2, 0.25) is 0 Å². The lowest BCUT2D eigenvalue weighted by molar-refractivity contribution is 0.305. The van der Waals surface area contributed by atoms with E-state index in [-0.39, 0.29) is 0 Å². The molecule has 2 N–H and O–H groups in total. The predicted molar refractivity (Wildman–Crippen MR) is 116 cm³/mol. The summed E-state index contributed by atoms with van der Waals surface area (Å²) in [7, 11) is 0. The molecule has 0 bridgehead atoms. The Morgan fingerprint density at radius 1 is 0.852 bits per heavy atom. The fraction of sp³-hybridized carbons (Fsp3) is 0.542. The minimum absolute atomic E-state index is 0.759. The van der Waals surface area contributed by atoms with E-state index < -0.39 is 0 Å². The molecule has 0 unspecified atom stereocenters. The van der Waals surface area contributed by atoms with Crippen molar-refractivity contribution in [2.24, 2.45) is 0 Å². The van der Waals surface area contributed by atoms with E-state index in [1.807, 2.05) is 30.5 Å². The Balaban J connectivity index is 1.86. The summed E-state index contributed by atoms with van der Waals surface area (Å²) in [5.41, 5.74) is 10.2. The Hall–Kier alpha value is -2.03. The van der Waals surface area contributed by atoms with Gasteiger partial charge in [0, 0.05) is 11.8 Å². The third-order valence-electron chi connectivity index (χ3n) is 4.94. The number of aromatic nitrogens is 1. The van der Waals surface area contributed by atoms with Gasteiger partial charge < -0.3 is 10.5 Å². The highest BCUT2D eigenvalue weighted by molar-refractivity contribution is 5.73. The van der Waals surface area contributed by atoms with E-state index in [1.54, 1.807) is 0 Å². The molecule has 0 amide bonds. The first-order chi connectivity index (χ1) is 13.2. The molecule has 3 nitrogen and oxygen atoms in total. The third kappa shape index (κ3) is 7.62. The molecule has 148 valence electrons. The quantitative estimate of drug-likeness (QED) is 0.395. The number of anilines is 1. The average Bonchev–Trinajstić information content (AvgIpc) is 2.68. The van der Waals surface area contributed by atoms with Crippen molar-refractivity contribution < 1.29 is 4.74 Å². The van der Waals surface area contributed by atoms with Gasteiger partial charge in [-0.15, -0.1) is 0 Å². The molecule has 2 aromatic rings. The maximum absolute atomic E-state index is 6.28. The van der Waals surface area contributed by atoms with E-state index in [1.165, 1.54) is 56.9 Å². The number of pyridine rings is 1. The van der Waals surface area contributed by atoms with Crippen molar-refractivity contribution in [3.05, 3.63) is 42.1 Å². The molecule has 0 aliphatic rings. The Morgan fingerprint density at radius 2 is 1.52 bits per heavy atom. The van der Waals surface area contributed by atoms with Crippen LogP contribution in [-0.2, 0) is 6.42 Å². The number of ether oxygens (including phenoxy) is 1. The van der Waals surface area contributed by atoms with Crippen molar-refractivity contribution in [1.82, 2.24) is 4.98 Å². The molecule has 0 aliphatic heterocycles. The number of hydrogen-bond acceptors (Lipinski definition) is 3. The molecule has 0 saturated carbocycles. The zero-order chi connectivity index (χ0) is 19.3. The van der Waals surface area contributed by atoms with E-state index in [0.29, 0.717) is 0 Å². The summed E-state index contributed by atoms with van der Waals surface area (Å²) in [4.78, 5) is 4.62. The number of rotatable bonds is 13. The SMILES string of the molecule is CCCCCCCc1cnc(-c2ccc(OCCCCCC)cc2)c(N)c1. The summed E-state index contributed by atoms with van der Waals surface area (Å²) in [6, 6.07) is 10.2. The van der Waals surface area contributed by atoms with Crippen molar-refractivity contribution in [2.75, 3.05) is 12.3 Å². The van der Waals surface area contributed by atoms with E-state index >= 15 is 0 Å². The normalized spacial score (nSPS) is 10.9. The van der Waals surface area contributed by atoms with E-state index in [9.17, 15) is 0 Å². The molecule has 3 heteroatoms. The second-order valence-electron chi connectivity index (χ2n) is 7.38. The van der Waals surface area contributed by atoms with Crippen LogP contribution in [0.4, 0.5) is 5.69 Å². The number of nitrogens with zero attached hydrogens (tertiary/aromatic N) is 1. The van der Waals surface area contributed by atoms with Crippen LogP contribution in [0.5, 0.6) is 5.75 Å². The van der Waals surface area contributed by atoms with Crippen LogP contribution < -0.4 is 10.5 Å². The van der Waals surface area contributed by atoms with Crippen LogP contribution in [0.15, 0.2) is 36.5 Å². The molecule has 0 saturated heterocycles. The third-order valence-corrected chi connectivity index (χ3v) is 4.94. The van der Waals surface area contributed by atoms with Crippen molar-refractivity contribution in [3.8, 4) is 17.0 Å². The van der Waals surface area contributed by atoms with Gasteiger partial charge in [-0.1, -0.05) is 58.8 Å². The second-order valence-corrected chi connectivity index (χ2v) is 7.38. The van der Waals surface area contributed by atoms with Gasteiger partial charge >= 0.3 is 0 Å². The molecule has 1 aromatic heterocycles. The molecule has 1 heterocycles. The summed E-state index contributed by atoms with van der Waals surface area (Å²) in [5.74, 6) is 0.914. The van der Waals surface area contributed by atoms with E-state index in [4.69, 9.17) is 10.5 Å². The van der Waals surface area contributed by atoms with Crippen LogP contribution in [0, 0.1) is 0 Å². The molecular formula is C24H36N2O. The maximum atomic E-state index is 6.28.